The van der Waals surface area contributed by atoms with Crippen LogP contribution in [0.5, 0.6) is 5.75 Å². The van der Waals surface area contributed by atoms with Gasteiger partial charge in [-0.2, -0.15) is 4.98 Å². The van der Waals surface area contributed by atoms with Crippen molar-refractivity contribution in [3.05, 3.63) is 70.9 Å². The van der Waals surface area contributed by atoms with Gasteiger partial charge in [0.05, 0.1) is 18.7 Å². The second-order valence-corrected chi connectivity index (χ2v) is 7.53. The number of nitrogens with zero attached hydrogens (tertiary/aromatic N) is 5. The van der Waals surface area contributed by atoms with Gasteiger partial charge in [-0.15, -0.1) is 0 Å². The number of pyridine rings is 1. The lowest BCUT2D eigenvalue weighted by molar-refractivity contribution is 0.146. The fourth-order valence-electron chi connectivity index (χ4n) is 2.95. The predicted octanol–water partition coefficient (Wildman–Crippen LogP) is 3.15. The molecule has 0 unspecified atom stereocenters. The minimum absolute atomic E-state index is 0.135. The van der Waals surface area contributed by atoms with Crippen LogP contribution in [0.1, 0.15) is 5.56 Å². The molecule has 4 aromatic rings. The zero-order chi connectivity index (χ0) is 22.3. The normalized spacial score (nSPS) is 10.9. The van der Waals surface area contributed by atoms with Crippen molar-refractivity contribution in [3.8, 4) is 28.6 Å². The molecule has 1 aromatic carbocycles. The van der Waals surface area contributed by atoms with Crippen LogP contribution in [0.25, 0.3) is 22.8 Å². The van der Waals surface area contributed by atoms with Crippen molar-refractivity contribution in [1.29, 1.82) is 0 Å². The number of hydrogen-bond acceptors (Lipinski definition) is 9. The van der Waals surface area contributed by atoms with E-state index in [9.17, 15) is 4.79 Å². The Morgan fingerprint density at radius 1 is 1.09 bits per heavy atom. The maximum atomic E-state index is 12.4. The Morgan fingerprint density at radius 3 is 2.72 bits per heavy atom. The molecule has 0 aliphatic heterocycles. The lowest BCUT2D eigenvalue weighted by atomic mass is 10.2. The quantitative estimate of drug-likeness (QED) is 0.215. The molecule has 164 valence electrons. The summed E-state index contributed by atoms with van der Waals surface area (Å²) in [5.41, 5.74) is 2.08. The smallest absolute Gasteiger partial charge is 0.261 e. The predicted molar refractivity (Wildman–Crippen MR) is 120 cm³/mol. The molecule has 0 saturated heterocycles. The first kappa shape index (κ1) is 21.7. The first-order valence-corrected chi connectivity index (χ1v) is 11.0. The summed E-state index contributed by atoms with van der Waals surface area (Å²) in [7, 11) is 1.63. The van der Waals surface area contributed by atoms with Crippen LogP contribution in [0.3, 0.4) is 0 Å². The zero-order valence-corrected chi connectivity index (χ0v) is 18.4. The number of ether oxygens (including phenoxy) is 2. The van der Waals surface area contributed by atoms with E-state index in [1.807, 2.05) is 30.5 Å². The molecule has 0 fully saturated rings. The number of benzene rings is 1. The van der Waals surface area contributed by atoms with Crippen molar-refractivity contribution < 1.29 is 14.0 Å². The summed E-state index contributed by atoms with van der Waals surface area (Å²) in [5, 5.41) is 4.71. The molecule has 0 bridgehead atoms. The second kappa shape index (κ2) is 10.2. The van der Waals surface area contributed by atoms with Gasteiger partial charge >= 0.3 is 0 Å². The number of rotatable bonds is 9. The highest BCUT2D eigenvalue weighted by atomic mass is 32.2. The molecule has 9 nitrogen and oxygen atoms in total. The third-order valence-corrected chi connectivity index (χ3v) is 5.11. The summed E-state index contributed by atoms with van der Waals surface area (Å²) < 4.78 is 17.6. The summed E-state index contributed by atoms with van der Waals surface area (Å²) in [5.74, 6) is 1.41. The Hall–Kier alpha value is -3.50. The van der Waals surface area contributed by atoms with Gasteiger partial charge < -0.3 is 18.6 Å². The van der Waals surface area contributed by atoms with E-state index in [4.69, 9.17) is 14.0 Å². The standard InChI is InChI=1S/C22H21N5O4S/c1-29-8-9-30-18-5-3-4-15(10-18)13-27-14-16(6-7-19(27)28)20-25-21(31-26-20)17-11-23-22(32-2)24-12-17/h3-7,10-12,14H,8-9,13H2,1-2H3. The minimum atomic E-state index is -0.135. The Balaban J connectivity index is 1.54. The summed E-state index contributed by atoms with van der Waals surface area (Å²) in [6, 6.07) is 10.8. The van der Waals surface area contributed by atoms with Gasteiger partial charge in [-0.05, 0) is 30.0 Å². The third-order valence-electron chi connectivity index (χ3n) is 4.53. The minimum Gasteiger partial charge on any atom is -0.491 e. The van der Waals surface area contributed by atoms with E-state index in [2.05, 4.69) is 20.1 Å². The average Bonchev–Trinajstić information content (AvgIpc) is 3.31. The van der Waals surface area contributed by atoms with Gasteiger partial charge in [0, 0.05) is 37.3 Å². The Bertz CT molecular complexity index is 1240. The van der Waals surface area contributed by atoms with Crippen molar-refractivity contribution in [1.82, 2.24) is 24.7 Å². The van der Waals surface area contributed by atoms with Gasteiger partial charge in [0.2, 0.25) is 5.82 Å². The molecule has 0 radical (unpaired) electrons. The van der Waals surface area contributed by atoms with E-state index in [-0.39, 0.29) is 5.56 Å². The molecule has 0 aliphatic rings. The number of aromatic nitrogens is 5. The van der Waals surface area contributed by atoms with Gasteiger partial charge in [0.15, 0.2) is 5.16 Å². The largest absolute Gasteiger partial charge is 0.491 e. The lowest BCUT2D eigenvalue weighted by Gasteiger charge is -2.10. The van der Waals surface area contributed by atoms with Crippen LogP contribution in [0, 0.1) is 0 Å². The molecule has 0 spiro atoms. The van der Waals surface area contributed by atoms with Crippen LogP contribution in [0.2, 0.25) is 0 Å². The van der Waals surface area contributed by atoms with Crippen LogP contribution in [0.15, 0.2) is 69.5 Å². The molecular weight excluding hydrogens is 430 g/mol. The zero-order valence-electron chi connectivity index (χ0n) is 17.6. The molecule has 3 aromatic heterocycles. The summed E-state index contributed by atoms with van der Waals surface area (Å²) in [4.78, 5) is 25.3. The average molecular weight is 452 g/mol. The van der Waals surface area contributed by atoms with Crippen LogP contribution < -0.4 is 10.3 Å². The van der Waals surface area contributed by atoms with Gasteiger partial charge in [-0.25, -0.2) is 9.97 Å². The fourth-order valence-corrected chi connectivity index (χ4v) is 3.27. The first-order valence-electron chi connectivity index (χ1n) is 9.78. The van der Waals surface area contributed by atoms with Crippen LogP contribution in [0.4, 0.5) is 0 Å². The lowest BCUT2D eigenvalue weighted by Crippen LogP contribution is -2.19. The molecule has 32 heavy (non-hydrogen) atoms. The highest BCUT2D eigenvalue weighted by Crippen LogP contribution is 2.22. The fraction of sp³-hybridized carbons (Fsp3) is 0.227. The van der Waals surface area contributed by atoms with E-state index in [0.717, 1.165) is 11.3 Å². The van der Waals surface area contributed by atoms with Crippen molar-refractivity contribution >= 4 is 11.8 Å². The van der Waals surface area contributed by atoms with E-state index in [1.165, 1.54) is 17.8 Å². The SMILES string of the molecule is COCCOc1cccc(Cn2cc(-c3noc(-c4cnc(SC)nc4)n3)ccc2=O)c1. The van der Waals surface area contributed by atoms with E-state index in [1.54, 1.807) is 36.3 Å². The molecular formula is C22H21N5O4S. The summed E-state index contributed by atoms with van der Waals surface area (Å²) in [6.07, 6.45) is 6.89. The monoisotopic (exact) mass is 451 g/mol. The molecule has 0 amide bonds. The molecule has 4 rings (SSSR count). The van der Waals surface area contributed by atoms with Gasteiger partial charge in [-0.1, -0.05) is 29.1 Å². The van der Waals surface area contributed by atoms with Gasteiger partial charge in [0.25, 0.3) is 11.4 Å². The van der Waals surface area contributed by atoms with Crippen LogP contribution in [-0.4, -0.2) is 51.3 Å². The number of hydrogen-bond donors (Lipinski definition) is 0. The van der Waals surface area contributed by atoms with Crippen molar-refractivity contribution in [2.45, 2.75) is 11.7 Å². The van der Waals surface area contributed by atoms with Gasteiger partial charge in [0.1, 0.15) is 12.4 Å². The van der Waals surface area contributed by atoms with Crippen LogP contribution in [-0.2, 0) is 11.3 Å². The summed E-state index contributed by atoms with van der Waals surface area (Å²) >= 11 is 1.45. The maximum Gasteiger partial charge on any atom is 0.261 e. The highest BCUT2D eigenvalue weighted by molar-refractivity contribution is 7.98. The van der Waals surface area contributed by atoms with E-state index >= 15 is 0 Å². The topological polar surface area (TPSA) is 105 Å². The highest BCUT2D eigenvalue weighted by Gasteiger charge is 2.13. The molecule has 0 N–H and O–H groups in total. The Labute approximate surface area is 188 Å². The number of methoxy groups -OCH3 is 1. The van der Waals surface area contributed by atoms with Gasteiger partial charge in [-0.3, -0.25) is 4.79 Å². The van der Waals surface area contributed by atoms with E-state index in [0.29, 0.717) is 47.8 Å². The second-order valence-electron chi connectivity index (χ2n) is 6.75. The first-order chi connectivity index (χ1) is 15.7. The third kappa shape index (κ3) is 5.21. The molecule has 10 heteroatoms. The number of thioether (sulfide) groups is 1. The van der Waals surface area contributed by atoms with Crippen molar-refractivity contribution in [2.24, 2.45) is 0 Å². The van der Waals surface area contributed by atoms with Crippen molar-refractivity contribution in [3.63, 3.8) is 0 Å². The van der Waals surface area contributed by atoms with Crippen molar-refractivity contribution in [2.75, 3.05) is 26.6 Å². The molecule has 3 heterocycles. The Kier molecular flexibility index (Phi) is 6.93. The van der Waals surface area contributed by atoms with E-state index < -0.39 is 0 Å². The summed E-state index contributed by atoms with van der Waals surface area (Å²) in [6.45, 7) is 1.34. The molecule has 0 aliphatic carbocycles. The Morgan fingerprint density at radius 2 is 1.94 bits per heavy atom. The van der Waals surface area contributed by atoms with Crippen LogP contribution >= 0.6 is 11.8 Å². The molecule has 0 atom stereocenters. The molecule has 0 saturated carbocycles. The maximum absolute atomic E-state index is 12.4.